The lowest BCUT2D eigenvalue weighted by Crippen LogP contribution is -2.41. The zero-order valence-electron chi connectivity index (χ0n) is 11.7. The van der Waals surface area contributed by atoms with Gasteiger partial charge in [0.15, 0.2) is 0 Å². The SMILES string of the molecule is CC(C)N(C)C.CC(C)N(C)C1CCC1. The fourth-order valence-corrected chi connectivity index (χ4v) is 1.22. The summed E-state index contributed by atoms with van der Waals surface area (Å²) in [4.78, 5) is 4.64. The summed E-state index contributed by atoms with van der Waals surface area (Å²) < 4.78 is 0. The fraction of sp³-hybridized carbons (Fsp3) is 1.00. The highest BCUT2D eigenvalue weighted by molar-refractivity contribution is 4.79. The Bertz CT molecular complexity index is 143. The molecule has 0 bridgehead atoms. The van der Waals surface area contributed by atoms with E-state index in [0.29, 0.717) is 6.04 Å². The predicted octanol–water partition coefficient (Wildman–Crippen LogP) is 2.84. The Morgan fingerprint density at radius 2 is 1.27 bits per heavy atom. The first-order valence-corrected chi connectivity index (χ1v) is 6.24. The van der Waals surface area contributed by atoms with Gasteiger partial charge in [0.1, 0.15) is 0 Å². The molecule has 0 aromatic rings. The second-order valence-electron chi connectivity index (χ2n) is 5.40. The van der Waals surface area contributed by atoms with Crippen molar-refractivity contribution < 1.29 is 0 Å². The summed E-state index contributed by atoms with van der Waals surface area (Å²) in [5.41, 5.74) is 0. The van der Waals surface area contributed by atoms with Gasteiger partial charge in [-0.15, -0.1) is 0 Å². The van der Waals surface area contributed by atoms with Gasteiger partial charge in [0.2, 0.25) is 0 Å². The lowest BCUT2D eigenvalue weighted by molar-refractivity contribution is 0.126. The summed E-state index contributed by atoms with van der Waals surface area (Å²) >= 11 is 0. The van der Waals surface area contributed by atoms with E-state index in [0.717, 1.165) is 12.1 Å². The molecule has 92 valence electrons. The van der Waals surface area contributed by atoms with Gasteiger partial charge < -0.3 is 9.80 Å². The monoisotopic (exact) mass is 214 g/mol. The molecule has 1 saturated carbocycles. The topological polar surface area (TPSA) is 6.48 Å². The zero-order chi connectivity index (χ0) is 12.0. The summed E-state index contributed by atoms with van der Waals surface area (Å²) in [7, 11) is 6.38. The molecule has 0 heterocycles. The molecule has 0 spiro atoms. The molecular formula is C13H30N2. The molecule has 2 nitrogen and oxygen atoms in total. The van der Waals surface area contributed by atoms with Crippen molar-refractivity contribution in [3.05, 3.63) is 0 Å². The molecule has 0 aliphatic heterocycles. The Balaban J connectivity index is 0.000000288. The van der Waals surface area contributed by atoms with Gasteiger partial charge in [-0.25, -0.2) is 0 Å². The molecule has 1 aliphatic carbocycles. The van der Waals surface area contributed by atoms with Gasteiger partial charge in [0.25, 0.3) is 0 Å². The molecule has 0 unspecified atom stereocenters. The van der Waals surface area contributed by atoms with Crippen molar-refractivity contribution in [1.82, 2.24) is 9.80 Å². The Morgan fingerprint density at radius 1 is 0.867 bits per heavy atom. The van der Waals surface area contributed by atoms with E-state index in [-0.39, 0.29) is 0 Å². The first-order valence-electron chi connectivity index (χ1n) is 6.24. The van der Waals surface area contributed by atoms with Gasteiger partial charge in [-0.3, -0.25) is 0 Å². The maximum Gasteiger partial charge on any atom is 0.00949 e. The van der Waals surface area contributed by atoms with E-state index in [9.17, 15) is 0 Å². The number of hydrogen-bond acceptors (Lipinski definition) is 2. The Morgan fingerprint density at radius 3 is 1.33 bits per heavy atom. The van der Waals surface area contributed by atoms with Crippen LogP contribution >= 0.6 is 0 Å². The van der Waals surface area contributed by atoms with Crippen LogP contribution in [0.3, 0.4) is 0 Å². The average Bonchev–Trinajstić information content (AvgIpc) is 2.01. The van der Waals surface area contributed by atoms with E-state index in [1.54, 1.807) is 0 Å². The molecule has 15 heavy (non-hydrogen) atoms. The van der Waals surface area contributed by atoms with Crippen LogP contribution in [0.25, 0.3) is 0 Å². The predicted molar refractivity (Wildman–Crippen MR) is 69.4 cm³/mol. The molecule has 1 aliphatic rings. The first kappa shape index (κ1) is 14.9. The number of rotatable bonds is 3. The summed E-state index contributed by atoms with van der Waals surface area (Å²) in [6, 6.07) is 2.32. The Labute approximate surface area is 96.6 Å². The van der Waals surface area contributed by atoms with Gasteiger partial charge >= 0.3 is 0 Å². The van der Waals surface area contributed by atoms with Crippen molar-refractivity contribution in [2.45, 2.75) is 65.1 Å². The lowest BCUT2D eigenvalue weighted by atomic mass is 9.91. The minimum absolute atomic E-state index is 0.685. The molecule has 1 rings (SSSR count). The fourth-order valence-electron chi connectivity index (χ4n) is 1.22. The van der Waals surface area contributed by atoms with Crippen molar-refractivity contribution in [2.75, 3.05) is 21.1 Å². The maximum atomic E-state index is 2.48. The van der Waals surface area contributed by atoms with Gasteiger partial charge in [0, 0.05) is 18.1 Å². The van der Waals surface area contributed by atoms with Crippen LogP contribution < -0.4 is 0 Å². The second kappa shape index (κ2) is 7.24. The van der Waals surface area contributed by atoms with E-state index >= 15 is 0 Å². The Hall–Kier alpha value is -0.0800. The summed E-state index contributed by atoms with van der Waals surface area (Å²) in [6.45, 7) is 8.86. The third-order valence-corrected chi connectivity index (χ3v) is 3.50. The largest absolute Gasteiger partial charge is 0.307 e. The molecule has 0 N–H and O–H groups in total. The molecule has 0 aromatic carbocycles. The van der Waals surface area contributed by atoms with Crippen molar-refractivity contribution in [2.24, 2.45) is 0 Å². The van der Waals surface area contributed by atoms with Gasteiger partial charge in [-0.05, 0) is 61.7 Å². The van der Waals surface area contributed by atoms with Crippen LogP contribution in [0.4, 0.5) is 0 Å². The summed E-state index contributed by atoms with van der Waals surface area (Å²) in [5.74, 6) is 0. The average molecular weight is 214 g/mol. The van der Waals surface area contributed by atoms with Crippen LogP contribution in [-0.4, -0.2) is 49.1 Å². The van der Waals surface area contributed by atoms with Crippen LogP contribution in [0.15, 0.2) is 0 Å². The first-order chi connectivity index (χ1) is 6.86. The zero-order valence-corrected chi connectivity index (χ0v) is 11.7. The minimum Gasteiger partial charge on any atom is -0.307 e. The number of nitrogens with zero attached hydrogens (tertiary/aromatic N) is 2. The van der Waals surface area contributed by atoms with Crippen molar-refractivity contribution >= 4 is 0 Å². The molecule has 0 amide bonds. The standard InChI is InChI=1S/C8H17N.C5H13N/c1-7(2)9(3)8-5-4-6-8;1-5(2)6(3)4/h7-8H,4-6H2,1-3H3;5H,1-4H3. The van der Waals surface area contributed by atoms with Gasteiger partial charge in [-0.1, -0.05) is 6.42 Å². The van der Waals surface area contributed by atoms with E-state index in [1.165, 1.54) is 19.3 Å². The van der Waals surface area contributed by atoms with Crippen LogP contribution in [0.2, 0.25) is 0 Å². The highest BCUT2D eigenvalue weighted by Crippen LogP contribution is 2.24. The summed E-state index contributed by atoms with van der Waals surface area (Å²) in [5, 5.41) is 0. The van der Waals surface area contributed by atoms with Crippen molar-refractivity contribution in [3.63, 3.8) is 0 Å². The Kier molecular flexibility index (Phi) is 7.20. The van der Waals surface area contributed by atoms with Crippen LogP contribution in [0, 0.1) is 0 Å². The van der Waals surface area contributed by atoms with Gasteiger partial charge in [0.05, 0.1) is 0 Å². The highest BCUT2D eigenvalue weighted by atomic mass is 15.2. The van der Waals surface area contributed by atoms with Crippen molar-refractivity contribution in [3.8, 4) is 0 Å². The van der Waals surface area contributed by atoms with Crippen molar-refractivity contribution in [1.29, 1.82) is 0 Å². The molecule has 0 aromatic heterocycles. The van der Waals surface area contributed by atoms with Crippen LogP contribution in [-0.2, 0) is 0 Å². The highest BCUT2D eigenvalue weighted by Gasteiger charge is 2.22. The molecule has 1 fully saturated rings. The minimum atomic E-state index is 0.685. The molecule has 0 saturated heterocycles. The van der Waals surface area contributed by atoms with Crippen LogP contribution in [0.1, 0.15) is 47.0 Å². The van der Waals surface area contributed by atoms with E-state index in [2.05, 4.69) is 58.6 Å². The second-order valence-corrected chi connectivity index (χ2v) is 5.40. The third kappa shape index (κ3) is 6.16. The van der Waals surface area contributed by atoms with E-state index in [1.807, 2.05) is 0 Å². The van der Waals surface area contributed by atoms with Crippen LogP contribution in [0.5, 0.6) is 0 Å². The van der Waals surface area contributed by atoms with E-state index < -0.39 is 0 Å². The summed E-state index contributed by atoms with van der Waals surface area (Å²) in [6.07, 6.45) is 4.30. The normalized spacial score (nSPS) is 17.0. The molecular weight excluding hydrogens is 184 g/mol. The molecule has 0 radical (unpaired) electrons. The maximum absolute atomic E-state index is 2.48. The number of hydrogen-bond donors (Lipinski definition) is 0. The molecule has 2 heteroatoms. The third-order valence-electron chi connectivity index (χ3n) is 3.50. The molecule has 0 atom stereocenters. The van der Waals surface area contributed by atoms with Gasteiger partial charge in [-0.2, -0.15) is 0 Å². The smallest absolute Gasteiger partial charge is 0.00949 e. The lowest BCUT2D eigenvalue weighted by Gasteiger charge is -2.37. The quantitative estimate of drug-likeness (QED) is 0.713. The van der Waals surface area contributed by atoms with E-state index in [4.69, 9.17) is 0 Å².